The van der Waals surface area contributed by atoms with Crippen molar-refractivity contribution in [1.29, 1.82) is 0 Å². The van der Waals surface area contributed by atoms with E-state index in [1.807, 2.05) is 26.0 Å². The molecule has 152 valence electrons. The predicted molar refractivity (Wildman–Crippen MR) is 113 cm³/mol. The molecule has 2 heterocycles. The van der Waals surface area contributed by atoms with Gasteiger partial charge in [0.2, 0.25) is 5.91 Å². The first-order chi connectivity index (χ1) is 13.3. The molecule has 0 radical (unpaired) electrons. The number of benzene rings is 1. The second-order valence-electron chi connectivity index (χ2n) is 8.27. The topological polar surface area (TPSA) is 67.2 Å². The van der Waals surface area contributed by atoms with Gasteiger partial charge in [-0.25, -0.2) is 4.98 Å². The van der Waals surface area contributed by atoms with E-state index in [9.17, 15) is 9.59 Å². The van der Waals surface area contributed by atoms with Crippen LogP contribution in [0.1, 0.15) is 43.0 Å². The molecule has 1 aromatic carbocycles. The van der Waals surface area contributed by atoms with Crippen LogP contribution in [0.2, 0.25) is 0 Å². The first kappa shape index (κ1) is 20.5. The van der Waals surface area contributed by atoms with Crippen LogP contribution in [0.4, 0.5) is 0 Å². The number of hydrogen-bond donors (Lipinski definition) is 1. The van der Waals surface area contributed by atoms with Gasteiger partial charge in [-0.15, -0.1) is 0 Å². The van der Waals surface area contributed by atoms with Crippen LogP contribution >= 0.6 is 0 Å². The molecule has 1 atom stereocenters. The number of carbonyl (C=O) groups excluding carboxylic acids is 1. The average molecular weight is 385 g/mol. The summed E-state index contributed by atoms with van der Waals surface area (Å²) in [4.78, 5) is 32.0. The number of carbonyl (C=O) groups is 1. The first-order valence-electron chi connectivity index (χ1n) is 10.3. The Morgan fingerprint density at radius 1 is 1.25 bits per heavy atom. The summed E-state index contributed by atoms with van der Waals surface area (Å²) < 4.78 is 1.55. The molecule has 1 fully saturated rings. The summed E-state index contributed by atoms with van der Waals surface area (Å²) >= 11 is 0. The minimum absolute atomic E-state index is 0.0297. The van der Waals surface area contributed by atoms with Crippen LogP contribution in [-0.4, -0.2) is 46.5 Å². The predicted octanol–water partition coefficient (Wildman–Crippen LogP) is 2.56. The van der Waals surface area contributed by atoms with E-state index in [4.69, 9.17) is 0 Å². The maximum Gasteiger partial charge on any atom is 0.272 e. The number of aromatic nitrogens is 2. The van der Waals surface area contributed by atoms with E-state index in [-0.39, 0.29) is 18.0 Å². The second kappa shape index (κ2) is 8.86. The zero-order valence-corrected chi connectivity index (χ0v) is 17.5. The lowest BCUT2D eigenvalue weighted by Gasteiger charge is -2.30. The lowest BCUT2D eigenvalue weighted by molar-refractivity contribution is -0.121. The van der Waals surface area contributed by atoms with E-state index in [1.54, 1.807) is 11.5 Å². The molecule has 0 spiro atoms. The normalized spacial score (nSPS) is 17.8. The van der Waals surface area contributed by atoms with E-state index in [0.717, 1.165) is 54.1 Å². The third kappa shape index (κ3) is 4.79. The summed E-state index contributed by atoms with van der Waals surface area (Å²) in [5, 5.41) is 2.97. The van der Waals surface area contributed by atoms with Crippen LogP contribution in [0.3, 0.4) is 0 Å². The van der Waals surface area contributed by atoms with E-state index >= 15 is 0 Å². The van der Waals surface area contributed by atoms with Crippen molar-refractivity contribution >= 4 is 16.9 Å². The summed E-state index contributed by atoms with van der Waals surface area (Å²) in [5.74, 6) is 0.643. The molecule has 0 unspecified atom stereocenters. The van der Waals surface area contributed by atoms with E-state index in [2.05, 4.69) is 22.1 Å². The third-order valence-corrected chi connectivity index (χ3v) is 5.74. The Bertz CT molecular complexity index is 919. The number of likely N-dealkylation sites (tertiary alicyclic amines) is 1. The maximum atomic E-state index is 12.6. The Morgan fingerprint density at radius 3 is 2.75 bits per heavy atom. The Morgan fingerprint density at radius 2 is 2.00 bits per heavy atom. The van der Waals surface area contributed by atoms with Crippen LogP contribution in [0.5, 0.6) is 0 Å². The van der Waals surface area contributed by atoms with Crippen LogP contribution in [0.25, 0.3) is 11.0 Å². The molecule has 1 aliphatic rings. The number of nitrogens with zero attached hydrogens (tertiary/aromatic N) is 3. The third-order valence-electron chi connectivity index (χ3n) is 5.74. The monoisotopic (exact) mass is 384 g/mol. The van der Waals surface area contributed by atoms with E-state index < -0.39 is 0 Å². The minimum atomic E-state index is -0.201. The van der Waals surface area contributed by atoms with Gasteiger partial charge in [0.1, 0.15) is 12.2 Å². The van der Waals surface area contributed by atoms with Crippen LogP contribution < -0.4 is 10.9 Å². The fourth-order valence-corrected chi connectivity index (χ4v) is 4.00. The highest BCUT2D eigenvalue weighted by Gasteiger charge is 2.16. The molecule has 1 N–H and O–H groups in total. The number of rotatable bonds is 6. The molecule has 1 aliphatic heterocycles. The van der Waals surface area contributed by atoms with Crippen molar-refractivity contribution in [2.24, 2.45) is 5.92 Å². The SMILES string of the molecule is Cc1cc2nc(C)c(=O)n(CC(=O)NCCCN3CCC[C@@H](C)C3)c2cc1C. The van der Waals surface area contributed by atoms with Crippen molar-refractivity contribution in [3.8, 4) is 0 Å². The largest absolute Gasteiger partial charge is 0.355 e. The lowest BCUT2D eigenvalue weighted by atomic mass is 10.0. The molecule has 3 rings (SSSR count). The quantitative estimate of drug-likeness (QED) is 0.778. The average Bonchev–Trinajstić information content (AvgIpc) is 2.65. The molecule has 2 aromatic rings. The van der Waals surface area contributed by atoms with Crippen LogP contribution in [0, 0.1) is 26.7 Å². The van der Waals surface area contributed by atoms with Gasteiger partial charge in [-0.3, -0.25) is 14.2 Å². The van der Waals surface area contributed by atoms with Gasteiger partial charge in [0.25, 0.3) is 5.56 Å². The van der Waals surface area contributed by atoms with Crippen molar-refractivity contribution in [2.75, 3.05) is 26.2 Å². The Hall–Kier alpha value is -2.21. The maximum absolute atomic E-state index is 12.6. The number of aryl methyl sites for hydroxylation is 3. The molecule has 0 saturated carbocycles. The molecule has 0 bridgehead atoms. The Balaban J connectivity index is 1.62. The van der Waals surface area contributed by atoms with Crippen molar-refractivity contribution < 1.29 is 4.79 Å². The van der Waals surface area contributed by atoms with E-state index in [1.165, 1.54) is 12.8 Å². The Kier molecular flexibility index (Phi) is 6.50. The molecule has 6 nitrogen and oxygen atoms in total. The minimum Gasteiger partial charge on any atom is -0.355 e. The van der Waals surface area contributed by atoms with Gasteiger partial charge in [0, 0.05) is 13.1 Å². The standard InChI is InChI=1S/C22H32N4O2/c1-15-7-5-9-25(13-15)10-6-8-23-21(27)14-26-20-12-17(3)16(2)11-19(20)24-18(4)22(26)28/h11-12,15H,5-10,13-14H2,1-4H3,(H,23,27)/t15-/m1/s1. The fraction of sp³-hybridized carbons (Fsp3) is 0.591. The van der Waals surface area contributed by atoms with E-state index in [0.29, 0.717) is 12.2 Å². The fourth-order valence-electron chi connectivity index (χ4n) is 4.00. The van der Waals surface area contributed by atoms with Gasteiger partial charge in [0.15, 0.2) is 0 Å². The number of amides is 1. The summed E-state index contributed by atoms with van der Waals surface area (Å²) in [6.45, 7) is 12.0. The molecule has 1 amide bonds. The summed E-state index contributed by atoms with van der Waals surface area (Å²) in [7, 11) is 0. The van der Waals surface area contributed by atoms with Gasteiger partial charge < -0.3 is 10.2 Å². The molecular formula is C22H32N4O2. The highest BCUT2D eigenvalue weighted by molar-refractivity contribution is 5.81. The number of nitrogens with one attached hydrogen (secondary N) is 1. The van der Waals surface area contributed by atoms with Gasteiger partial charge in [0.05, 0.1) is 11.0 Å². The summed E-state index contributed by atoms with van der Waals surface area (Å²) in [6, 6.07) is 3.93. The highest BCUT2D eigenvalue weighted by Crippen LogP contribution is 2.17. The zero-order valence-electron chi connectivity index (χ0n) is 17.5. The smallest absolute Gasteiger partial charge is 0.272 e. The van der Waals surface area contributed by atoms with Gasteiger partial charge in [-0.1, -0.05) is 6.92 Å². The molecule has 1 saturated heterocycles. The zero-order chi connectivity index (χ0) is 20.3. The summed E-state index contributed by atoms with van der Waals surface area (Å²) in [6.07, 6.45) is 3.52. The molecule has 1 aromatic heterocycles. The van der Waals surface area contributed by atoms with Crippen molar-refractivity contribution in [1.82, 2.24) is 19.8 Å². The van der Waals surface area contributed by atoms with Gasteiger partial charge >= 0.3 is 0 Å². The molecule has 0 aliphatic carbocycles. The van der Waals surface area contributed by atoms with Gasteiger partial charge in [-0.05, 0) is 82.3 Å². The van der Waals surface area contributed by atoms with Crippen molar-refractivity contribution in [2.45, 2.75) is 53.5 Å². The number of hydrogen-bond acceptors (Lipinski definition) is 4. The lowest BCUT2D eigenvalue weighted by Crippen LogP contribution is -2.37. The highest BCUT2D eigenvalue weighted by atomic mass is 16.2. The number of piperidine rings is 1. The van der Waals surface area contributed by atoms with Crippen molar-refractivity contribution in [3.63, 3.8) is 0 Å². The summed E-state index contributed by atoms with van der Waals surface area (Å²) in [5.41, 5.74) is 3.91. The molecule has 28 heavy (non-hydrogen) atoms. The second-order valence-corrected chi connectivity index (χ2v) is 8.27. The Labute approximate surface area is 166 Å². The number of fused-ring (bicyclic) bond motifs is 1. The van der Waals surface area contributed by atoms with Crippen molar-refractivity contribution in [3.05, 3.63) is 39.3 Å². The molecule has 6 heteroatoms. The van der Waals surface area contributed by atoms with Crippen LogP contribution in [-0.2, 0) is 11.3 Å². The molecular weight excluding hydrogens is 352 g/mol. The van der Waals surface area contributed by atoms with Crippen LogP contribution in [0.15, 0.2) is 16.9 Å². The van der Waals surface area contributed by atoms with Gasteiger partial charge in [-0.2, -0.15) is 0 Å². The first-order valence-corrected chi connectivity index (χ1v) is 10.3.